The Morgan fingerprint density at radius 3 is 2.32 bits per heavy atom. The largest absolute Gasteiger partial charge is 0.504 e. The lowest BCUT2D eigenvalue weighted by Crippen LogP contribution is -2.13. The van der Waals surface area contributed by atoms with Crippen molar-refractivity contribution in [3.63, 3.8) is 0 Å². The fourth-order valence-corrected chi connectivity index (χ4v) is 2.11. The van der Waals surface area contributed by atoms with Crippen molar-refractivity contribution >= 4 is 5.97 Å². The Hall–Kier alpha value is -2.49. The molecule has 2 aromatic rings. The van der Waals surface area contributed by atoms with Gasteiger partial charge in [-0.25, -0.2) is 0 Å². The van der Waals surface area contributed by atoms with E-state index in [0.29, 0.717) is 11.1 Å². The Balaban J connectivity index is 2.61. The summed E-state index contributed by atoms with van der Waals surface area (Å²) in [7, 11) is 0. The molecule has 0 amide bonds. The molecule has 98 valence electrons. The zero-order valence-corrected chi connectivity index (χ0v) is 10.4. The molecule has 3 N–H and O–H groups in total. The Morgan fingerprint density at radius 1 is 1.11 bits per heavy atom. The number of rotatable bonds is 3. The molecule has 0 radical (unpaired) electrons. The van der Waals surface area contributed by atoms with E-state index in [0.717, 1.165) is 0 Å². The Labute approximate surface area is 110 Å². The molecular weight excluding hydrogens is 244 g/mol. The van der Waals surface area contributed by atoms with Crippen LogP contribution in [-0.4, -0.2) is 21.3 Å². The molecule has 0 saturated heterocycles. The van der Waals surface area contributed by atoms with Crippen LogP contribution in [0.5, 0.6) is 11.5 Å². The summed E-state index contributed by atoms with van der Waals surface area (Å²) in [6, 6.07) is 11.6. The monoisotopic (exact) mass is 258 g/mol. The highest BCUT2D eigenvalue weighted by molar-refractivity contribution is 5.82. The fraction of sp³-hybridized carbons (Fsp3) is 0.133. The van der Waals surface area contributed by atoms with Gasteiger partial charge in [0.05, 0.1) is 0 Å². The molecular formula is C15H14O4. The lowest BCUT2D eigenvalue weighted by Gasteiger charge is -2.16. The minimum absolute atomic E-state index is 0.191. The van der Waals surface area contributed by atoms with Gasteiger partial charge in [-0.15, -0.1) is 0 Å². The van der Waals surface area contributed by atoms with E-state index in [4.69, 9.17) is 0 Å². The normalized spacial score (nSPS) is 12.1. The first kappa shape index (κ1) is 13.0. The average molecular weight is 258 g/mol. The third kappa shape index (κ3) is 2.52. The van der Waals surface area contributed by atoms with Crippen molar-refractivity contribution in [1.82, 2.24) is 0 Å². The summed E-state index contributed by atoms with van der Waals surface area (Å²) in [5.41, 5.74) is 1.43. The maximum Gasteiger partial charge on any atom is 0.315 e. The summed E-state index contributed by atoms with van der Waals surface area (Å²) in [5.74, 6) is -2.78. The molecule has 0 saturated carbocycles. The lowest BCUT2D eigenvalue weighted by atomic mass is 9.89. The van der Waals surface area contributed by atoms with Crippen LogP contribution in [-0.2, 0) is 4.79 Å². The lowest BCUT2D eigenvalue weighted by molar-refractivity contribution is -0.137. The third-order valence-corrected chi connectivity index (χ3v) is 2.95. The summed E-state index contributed by atoms with van der Waals surface area (Å²) in [5, 5.41) is 28.9. The zero-order valence-electron chi connectivity index (χ0n) is 10.4. The van der Waals surface area contributed by atoms with Crippen LogP contribution in [0.4, 0.5) is 0 Å². The SMILES string of the molecule is Cc1cc(O)c(O)c(C(C(=O)O)c2ccccc2)c1. The summed E-state index contributed by atoms with van der Waals surface area (Å²) < 4.78 is 0. The van der Waals surface area contributed by atoms with E-state index in [1.807, 2.05) is 0 Å². The fourth-order valence-electron chi connectivity index (χ4n) is 2.11. The van der Waals surface area contributed by atoms with Crippen LogP contribution in [0.15, 0.2) is 42.5 Å². The predicted octanol–water partition coefficient (Wildman–Crippen LogP) is 2.62. The molecule has 2 aromatic carbocycles. The second-order valence-corrected chi connectivity index (χ2v) is 4.40. The van der Waals surface area contributed by atoms with E-state index in [-0.39, 0.29) is 17.1 Å². The molecule has 4 heteroatoms. The first-order valence-electron chi connectivity index (χ1n) is 5.81. The molecule has 1 atom stereocenters. The maximum atomic E-state index is 11.5. The molecule has 1 unspecified atom stereocenters. The van der Waals surface area contributed by atoms with Crippen LogP contribution in [0.1, 0.15) is 22.6 Å². The first-order chi connectivity index (χ1) is 9.00. The number of phenolic OH excluding ortho intramolecular Hbond substituents is 2. The number of aliphatic carboxylic acids is 1. The number of aryl methyl sites for hydroxylation is 1. The van der Waals surface area contributed by atoms with Crippen LogP contribution in [0, 0.1) is 6.92 Å². The van der Waals surface area contributed by atoms with E-state index >= 15 is 0 Å². The molecule has 0 aliphatic carbocycles. The summed E-state index contributed by atoms with van der Waals surface area (Å²) in [4.78, 5) is 11.5. The third-order valence-electron chi connectivity index (χ3n) is 2.95. The number of hydrogen-bond acceptors (Lipinski definition) is 3. The van der Waals surface area contributed by atoms with Gasteiger partial charge in [0.1, 0.15) is 5.92 Å². The van der Waals surface area contributed by atoms with Crippen molar-refractivity contribution in [3.05, 3.63) is 59.2 Å². The number of hydrogen-bond donors (Lipinski definition) is 3. The quantitative estimate of drug-likeness (QED) is 0.739. The maximum absolute atomic E-state index is 11.5. The van der Waals surface area contributed by atoms with Gasteiger partial charge in [-0.05, 0) is 24.1 Å². The highest BCUT2D eigenvalue weighted by atomic mass is 16.4. The average Bonchev–Trinajstić information content (AvgIpc) is 2.36. The van der Waals surface area contributed by atoms with Crippen molar-refractivity contribution in [2.75, 3.05) is 0 Å². The summed E-state index contributed by atoms with van der Waals surface area (Å²) in [6.07, 6.45) is 0. The van der Waals surface area contributed by atoms with E-state index in [2.05, 4.69) is 0 Å². The van der Waals surface area contributed by atoms with Crippen LogP contribution in [0.3, 0.4) is 0 Å². The van der Waals surface area contributed by atoms with Gasteiger partial charge in [-0.1, -0.05) is 36.4 Å². The zero-order chi connectivity index (χ0) is 14.0. The van der Waals surface area contributed by atoms with Gasteiger partial charge >= 0.3 is 5.97 Å². The molecule has 2 rings (SSSR count). The van der Waals surface area contributed by atoms with Gasteiger partial charge < -0.3 is 15.3 Å². The van der Waals surface area contributed by atoms with Gasteiger partial charge in [0.2, 0.25) is 0 Å². The number of carbonyl (C=O) groups is 1. The van der Waals surface area contributed by atoms with Gasteiger partial charge in [0.25, 0.3) is 0 Å². The van der Waals surface area contributed by atoms with E-state index in [1.165, 1.54) is 6.07 Å². The van der Waals surface area contributed by atoms with Crippen LogP contribution in [0.25, 0.3) is 0 Å². The van der Waals surface area contributed by atoms with Gasteiger partial charge in [-0.2, -0.15) is 0 Å². The van der Waals surface area contributed by atoms with E-state index in [1.54, 1.807) is 43.3 Å². The first-order valence-corrected chi connectivity index (χ1v) is 5.81. The Kier molecular flexibility index (Phi) is 3.42. The van der Waals surface area contributed by atoms with Gasteiger partial charge in [0.15, 0.2) is 11.5 Å². The highest BCUT2D eigenvalue weighted by Gasteiger charge is 2.26. The molecule has 0 fully saturated rings. The Bertz CT molecular complexity index is 605. The van der Waals surface area contributed by atoms with Crippen LogP contribution >= 0.6 is 0 Å². The molecule has 0 aliphatic heterocycles. The second-order valence-electron chi connectivity index (χ2n) is 4.40. The molecule has 4 nitrogen and oxygen atoms in total. The minimum Gasteiger partial charge on any atom is -0.504 e. The molecule has 19 heavy (non-hydrogen) atoms. The van der Waals surface area contributed by atoms with Crippen molar-refractivity contribution in [2.24, 2.45) is 0 Å². The molecule has 0 spiro atoms. The highest BCUT2D eigenvalue weighted by Crippen LogP contribution is 2.38. The number of phenols is 2. The topological polar surface area (TPSA) is 77.8 Å². The summed E-state index contributed by atoms with van der Waals surface area (Å²) >= 11 is 0. The predicted molar refractivity (Wildman–Crippen MR) is 70.4 cm³/mol. The smallest absolute Gasteiger partial charge is 0.315 e. The van der Waals surface area contributed by atoms with E-state index in [9.17, 15) is 20.1 Å². The number of benzene rings is 2. The van der Waals surface area contributed by atoms with Crippen molar-refractivity contribution in [1.29, 1.82) is 0 Å². The number of carboxylic acid groups (broad SMARTS) is 1. The molecule has 0 heterocycles. The van der Waals surface area contributed by atoms with E-state index < -0.39 is 11.9 Å². The standard InChI is InChI=1S/C15H14O4/c1-9-7-11(14(17)12(16)8-9)13(15(18)19)10-5-3-2-4-6-10/h2-8,13,16-17H,1H3,(H,18,19). The molecule has 0 aromatic heterocycles. The summed E-state index contributed by atoms with van der Waals surface area (Å²) in [6.45, 7) is 1.73. The van der Waals surface area contributed by atoms with Crippen molar-refractivity contribution in [3.8, 4) is 11.5 Å². The van der Waals surface area contributed by atoms with Gasteiger partial charge in [0, 0.05) is 5.56 Å². The van der Waals surface area contributed by atoms with Crippen molar-refractivity contribution in [2.45, 2.75) is 12.8 Å². The Morgan fingerprint density at radius 2 is 1.74 bits per heavy atom. The van der Waals surface area contributed by atoms with Crippen molar-refractivity contribution < 1.29 is 20.1 Å². The van der Waals surface area contributed by atoms with Crippen LogP contribution < -0.4 is 0 Å². The number of carboxylic acids is 1. The molecule has 0 bridgehead atoms. The van der Waals surface area contributed by atoms with Crippen LogP contribution in [0.2, 0.25) is 0 Å². The molecule has 0 aliphatic rings. The minimum atomic E-state index is -1.08. The number of aromatic hydroxyl groups is 2. The van der Waals surface area contributed by atoms with Gasteiger partial charge in [-0.3, -0.25) is 4.79 Å². The second kappa shape index (κ2) is 5.02.